The van der Waals surface area contributed by atoms with Crippen molar-refractivity contribution in [3.8, 4) is 5.75 Å². The van der Waals surface area contributed by atoms with Gasteiger partial charge in [0.25, 0.3) is 11.8 Å². The van der Waals surface area contributed by atoms with Gasteiger partial charge in [-0.1, -0.05) is 0 Å². The van der Waals surface area contributed by atoms with Gasteiger partial charge in [0.05, 0.1) is 31.0 Å². The minimum Gasteiger partial charge on any atom is -0.508 e. The largest absolute Gasteiger partial charge is 0.508 e. The molecule has 1 aliphatic rings. The number of rotatable bonds is 4. The molecule has 2 aromatic carbocycles. The molecule has 9 nitrogen and oxygen atoms in total. The molecule has 0 spiro atoms. The average molecular weight is 488 g/mol. The normalized spacial score (nSPS) is 12.9. The van der Waals surface area contributed by atoms with Gasteiger partial charge in [0, 0.05) is 16.7 Å². The molecule has 0 aliphatic carbocycles. The molecule has 0 saturated heterocycles. The van der Waals surface area contributed by atoms with Gasteiger partial charge >= 0.3 is 12.3 Å². The molecule has 182 valence electrons. The number of fused-ring (bicyclic) bond motifs is 1. The highest BCUT2D eigenvalue weighted by molar-refractivity contribution is 6.04. The van der Waals surface area contributed by atoms with E-state index < -0.39 is 29.6 Å². The Morgan fingerprint density at radius 1 is 1.03 bits per heavy atom. The predicted molar refractivity (Wildman–Crippen MR) is 116 cm³/mol. The number of aromatic hydroxyl groups is 1. The lowest BCUT2D eigenvalue weighted by Crippen LogP contribution is -2.28. The van der Waals surface area contributed by atoms with Gasteiger partial charge in [-0.15, -0.1) is 5.10 Å². The first kappa shape index (κ1) is 23.8. The van der Waals surface area contributed by atoms with Crippen molar-refractivity contribution in [2.24, 2.45) is 0 Å². The minimum absolute atomic E-state index is 0.0218. The molecule has 2 amide bonds. The van der Waals surface area contributed by atoms with E-state index in [0.29, 0.717) is 11.3 Å². The van der Waals surface area contributed by atoms with E-state index in [1.54, 1.807) is 6.92 Å². The molecule has 0 bridgehead atoms. The summed E-state index contributed by atoms with van der Waals surface area (Å²) in [4.78, 5) is 39.3. The molecule has 3 aromatic rings. The summed E-state index contributed by atoms with van der Waals surface area (Å²) in [5.41, 5.74) is 0.0810. The third-order valence-corrected chi connectivity index (χ3v) is 5.33. The van der Waals surface area contributed by atoms with Crippen LogP contribution in [0.25, 0.3) is 0 Å². The van der Waals surface area contributed by atoms with Crippen LogP contribution >= 0.6 is 0 Å². The molecule has 0 unspecified atom stereocenters. The molecular formula is C23H19F3N4O5. The second-order valence-corrected chi connectivity index (χ2v) is 7.62. The van der Waals surface area contributed by atoms with E-state index in [4.69, 9.17) is 4.74 Å². The lowest BCUT2D eigenvalue weighted by atomic mass is 10.1. The van der Waals surface area contributed by atoms with Crippen molar-refractivity contribution in [3.05, 3.63) is 76.5 Å². The van der Waals surface area contributed by atoms with E-state index in [9.17, 15) is 32.7 Å². The number of aromatic nitrogens is 2. The molecule has 0 fully saturated rings. The topological polar surface area (TPSA) is 114 Å². The Labute approximate surface area is 196 Å². The van der Waals surface area contributed by atoms with Crippen molar-refractivity contribution in [1.29, 1.82) is 0 Å². The average Bonchev–Trinajstić information content (AvgIpc) is 3.39. The number of hydrogen-bond acceptors (Lipinski definition) is 6. The van der Waals surface area contributed by atoms with Gasteiger partial charge < -0.3 is 20.1 Å². The number of nitrogens with one attached hydrogen (secondary N) is 1. The van der Waals surface area contributed by atoms with Gasteiger partial charge in [-0.2, -0.15) is 17.9 Å². The fourth-order valence-corrected chi connectivity index (χ4v) is 3.60. The molecule has 35 heavy (non-hydrogen) atoms. The monoisotopic (exact) mass is 488 g/mol. The van der Waals surface area contributed by atoms with Crippen LogP contribution in [0.5, 0.6) is 5.75 Å². The van der Waals surface area contributed by atoms with E-state index >= 15 is 0 Å². The van der Waals surface area contributed by atoms with Crippen LogP contribution in [0, 0.1) is 0 Å². The number of benzene rings is 2. The maximum atomic E-state index is 13.0. The lowest BCUT2D eigenvalue weighted by Gasteiger charge is -2.17. The maximum absolute atomic E-state index is 13.0. The Bertz CT molecular complexity index is 1280. The third kappa shape index (κ3) is 4.81. The van der Waals surface area contributed by atoms with Crippen molar-refractivity contribution in [3.63, 3.8) is 0 Å². The van der Waals surface area contributed by atoms with Crippen LogP contribution in [0.3, 0.4) is 0 Å². The van der Waals surface area contributed by atoms with Crippen LogP contribution in [0.15, 0.2) is 48.5 Å². The first-order valence-electron chi connectivity index (χ1n) is 10.4. The molecule has 2 heterocycles. The fraction of sp³-hybridized carbons (Fsp3) is 0.217. The van der Waals surface area contributed by atoms with Gasteiger partial charge in [0.15, 0.2) is 5.82 Å². The summed E-state index contributed by atoms with van der Waals surface area (Å²) >= 11 is 0. The number of phenolic OH excluding ortho intramolecular Hbond substituents is 1. The fourth-order valence-electron chi connectivity index (χ4n) is 3.60. The van der Waals surface area contributed by atoms with Crippen LogP contribution in [0.2, 0.25) is 0 Å². The van der Waals surface area contributed by atoms with Crippen LogP contribution in [0.1, 0.15) is 44.5 Å². The molecule has 1 aromatic heterocycles. The molecule has 0 saturated carbocycles. The molecule has 0 radical (unpaired) electrons. The lowest BCUT2D eigenvalue weighted by molar-refractivity contribution is -0.137. The summed E-state index contributed by atoms with van der Waals surface area (Å²) in [6.45, 7) is 1.56. The number of carbonyl (C=O) groups is 3. The molecule has 12 heteroatoms. The van der Waals surface area contributed by atoms with Crippen molar-refractivity contribution in [1.82, 2.24) is 14.7 Å². The molecule has 0 atom stereocenters. The summed E-state index contributed by atoms with van der Waals surface area (Å²) < 4.78 is 44.5. The zero-order chi connectivity index (χ0) is 25.3. The number of carbonyl (C=O) groups excluding carboxylic acids is 3. The third-order valence-electron chi connectivity index (χ3n) is 5.33. The Balaban J connectivity index is 1.60. The maximum Gasteiger partial charge on any atom is 0.435 e. The van der Waals surface area contributed by atoms with Gasteiger partial charge in [-0.3, -0.25) is 9.59 Å². The van der Waals surface area contributed by atoms with E-state index in [1.165, 1.54) is 29.2 Å². The number of anilines is 1. The van der Waals surface area contributed by atoms with Gasteiger partial charge in [0.2, 0.25) is 0 Å². The molecular weight excluding hydrogens is 469 g/mol. The van der Waals surface area contributed by atoms with Gasteiger partial charge in [-0.25, -0.2) is 4.79 Å². The Morgan fingerprint density at radius 2 is 1.66 bits per heavy atom. The number of hydrogen-bond donors (Lipinski definition) is 2. The zero-order valence-electron chi connectivity index (χ0n) is 18.3. The smallest absolute Gasteiger partial charge is 0.435 e. The van der Waals surface area contributed by atoms with Crippen LogP contribution < -0.4 is 5.32 Å². The van der Waals surface area contributed by atoms with Crippen molar-refractivity contribution >= 4 is 23.7 Å². The summed E-state index contributed by atoms with van der Waals surface area (Å²) in [7, 11) is 0. The number of phenols is 1. The van der Waals surface area contributed by atoms with Crippen LogP contribution in [0.4, 0.5) is 23.8 Å². The van der Waals surface area contributed by atoms with Crippen LogP contribution in [-0.4, -0.2) is 44.3 Å². The number of alkyl halides is 3. The predicted octanol–water partition coefficient (Wildman–Crippen LogP) is 4.02. The first-order chi connectivity index (χ1) is 16.6. The molecule has 1 aliphatic heterocycles. The zero-order valence-corrected chi connectivity index (χ0v) is 18.3. The second-order valence-electron chi connectivity index (χ2n) is 7.62. The van der Waals surface area contributed by atoms with E-state index in [2.05, 4.69) is 10.4 Å². The Hall–Kier alpha value is -4.35. The van der Waals surface area contributed by atoms with Crippen molar-refractivity contribution in [2.45, 2.75) is 26.2 Å². The Kier molecular flexibility index (Phi) is 6.20. The summed E-state index contributed by atoms with van der Waals surface area (Å²) in [5, 5.41) is 16.1. The SMILES string of the molecule is CCOC(=O)n1nc(NC(=O)c2ccc(O)cc2)c2c1CN(C(=O)c1ccc(C(F)(F)F)cc1)C2. The summed E-state index contributed by atoms with van der Waals surface area (Å²) in [6.07, 6.45) is -5.34. The number of nitrogens with zero attached hydrogens (tertiary/aromatic N) is 3. The highest BCUT2D eigenvalue weighted by Gasteiger charge is 2.35. The number of ether oxygens (including phenoxy) is 1. The highest BCUT2D eigenvalue weighted by Crippen LogP contribution is 2.32. The van der Waals surface area contributed by atoms with E-state index in [0.717, 1.165) is 28.9 Å². The van der Waals surface area contributed by atoms with E-state index in [1.807, 2.05) is 0 Å². The number of amides is 2. The van der Waals surface area contributed by atoms with Crippen molar-refractivity contribution in [2.75, 3.05) is 11.9 Å². The highest BCUT2D eigenvalue weighted by atomic mass is 19.4. The van der Waals surface area contributed by atoms with Crippen molar-refractivity contribution < 1.29 is 37.4 Å². The quantitative estimate of drug-likeness (QED) is 0.574. The summed E-state index contributed by atoms with van der Waals surface area (Å²) in [6, 6.07) is 9.27. The van der Waals surface area contributed by atoms with E-state index in [-0.39, 0.29) is 42.4 Å². The summed E-state index contributed by atoms with van der Waals surface area (Å²) in [5.74, 6) is -1.10. The van der Waals surface area contributed by atoms with Gasteiger partial charge in [0.1, 0.15) is 5.75 Å². The first-order valence-corrected chi connectivity index (χ1v) is 10.4. The minimum atomic E-state index is -4.53. The van der Waals surface area contributed by atoms with Gasteiger partial charge in [-0.05, 0) is 55.5 Å². The number of halogens is 3. The second kappa shape index (κ2) is 9.12. The molecule has 2 N–H and O–H groups in total. The Morgan fingerprint density at radius 3 is 2.26 bits per heavy atom. The van der Waals surface area contributed by atoms with Crippen LogP contribution in [-0.2, 0) is 24.0 Å². The standard InChI is InChI=1S/C23H19F3N4O5/c1-2-35-22(34)30-18-12-29(21(33)14-3-7-15(8-4-14)23(24,25)26)11-17(18)19(28-30)27-20(32)13-5-9-16(31)10-6-13/h3-10,31H,2,11-12H2,1H3,(H,27,28,32). The molecule has 4 rings (SSSR count).